The normalized spacial score (nSPS) is 28.6. The Labute approximate surface area is 215 Å². The van der Waals surface area contributed by atoms with Crippen molar-refractivity contribution >= 4 is 46.8 Å². The highest BCUT2D eigenvalue weighted by Crippen LogP contribution is 2.66. The lowest BCUT2D eigenvalue weighted by Crippen LogP contribution is -2.55. The molecular weight excluding hydrogens is 488 g/mol. The summed E-state index contributed by atoms with van der Waals surface area (Å²) in [7, 11) is 0. The number of fused-ring (bicyclic) bond motifs is 1. The van der Waals surface area contributed by atoms with Gasteiger partial charge in [0.25, 0.3) is 5.91 Å². The van der Waals surface area contributed by atoms with Gasteiger partial charge in [-0.05, 0) is 49.9 Å². The molecule has 3 heterocycles. The van der Waals surface area contributed by atoms with Crippen molar-refractivity contribution in [2.24, 2.45) is 11.8 Å². The Balaban J connectivity index is 1.70. The van der Waals surface area contributed by atoms with Crippen LogP contribution in [-0.2, 0) is 19.1 Å². The summed E-state index contributed by atoms with van der Waals surface area (Å²) in [5.41, 5.74) is 0.659. The van der Waals surface area contributed by atoms with Crippen LogP contribution in [0.5, 0.6) is 0 Å². The molecule has 3 aliphatic heterocycles. The number of amides is 2. The molecule has 2 amide bonds. The fraction of sp³-hybridized carbons (Fsp3) is 0.500. The van der Waals surface area contributed by atoms with Gasteiger partial charge in [-0.3, -0.25) is 14.4 Å². The fourth-order valence-electron chi connectivity index (χ4n) is 5.74. The lowest BCUT2D eigenvalue weighted by molar-refractivity contribution is -0.154. The van der Waals surface area contributed by atoms with Gasteiger partial charge in [0.1, 0.15) is 6.04 Å². The molecule has 3 aliphatic rings. The molecule has 0 radical (unpaired) electrons. The van der Waals surface area contributed by atoms with Crippen LogP contribution >= 0.6 is 23.4 Å². The summed E-state index contributed by atoms with van der Waals surface area (Å²) in [4.78, 5) is 44.3. The molecule has 3 saturated heterocycles. The first kappa shape index (κ1) is 25.8. The van der Waals surface area contributed by atoms with Gasteiger partial charge in [0, 0.05) is 35.7 Å². The third-order valence-corrected chi connectivity index (χ3v) is 9.35. The summed E-state index contributed by atoms with van der Waals surface area (Å²) in [5, 5.41) is 9.98. The largest absolute Gasteiger partial charge is 0.465 e. The van der Waals surface area contributed by atoms with Gasteiger partial charge >= 0.3 is 5.97 Å². The average molecular weight is 519 g/mol. The number of carbonyl (C=O) groups is 3. The maximum atomic E-state index is 14.2. The van der Waals surface area contributed by atoms with E-state index in [1.807, 2.05) is 0 Å². The van der Waals surface area contributed by atoms with Gasteiger partial charge in [0.15, 0.2) is 0 Å². The lowest BCUT2D eigenvalue weighted by atomic mass is 9.71. The Hall–Kier alpha value is -2.29. The molecule has 3 fully saturated rings. The van der Waals surface area contributed by atoms with Crippen LogP contribution in [-0.4, -0.2) is 70.1 Å². The van der Waals surface area contributed by atoms with Crippen LogP contribution in [0.2, 0.25) is 5.02 Å². The fourth-order valence-corrected chi connectivity index (χ4v) is 8.07. The Morgan fingerprint density at radius 1 is 1.29 bits per heavy atom. The van der Waals surface area contributed by atoms with Crippen molar-refractivity contribution in [1.82, 2.24) is 4.90 Å². The number of hydrogen-bond donors (Lipinski definition) is 1. The van der Waals surface area contributed by atoms with Gasteiger partial charge in [-0.25, -0.2) is 0 Å². The number of likely N-dealkylation sites (tertiary alicyclic amines) is 1. The first-order valence-electron chi connectivity index (χ1n) is 11.9. The third-order valence-electron chi connectivity index (χ3n) is 7.15. The third kappa shape index (κ3) is 4.52. The van der Waals surface area contributed by atoms with Crippen molar-refractivity contribution in [2.45, 2.75) is 41.7 Å². The van der Waals surface area contributed by atoms with Crippen LogP contribution in [0, 0.1) is 11.8 Å². The molecule has 1 spiro atoms. The van der Waals surface area contributed by atoms with Crippen LogP contribution in [0.25, 0.3) is 0 Å². The molecule has 35 heavy (non-hydrogen) atoms. The number of benzene rings is 1. The number of rotatable bonds is 11. The van der Waals surface area contributed by atoms with Crippen molar-refractivity contribution in [2.75, 3.05) is 31.2 Å². The van der Waals surface area contributed by atoms with Crippen molar-refractivity contribution in [3.63, 3.8) is 0 Å². The van der Waals surface area contributed by atoms with E-state index in [1.165, 1.54) is 0 Å². The number of aliphatic hydroxyl groups excluding tert-OH is 1. The van der Waals surface area contributed by atoms with Crippen LogP contribution in [0.4, 0.5) is 5.69 Å². The number of nitrogens with zero attached hydrogens (tertiary/aromatic N) is 2. The summed E-state index contributed by atoms with van der Waals surface area (Å²) >= 11 is 7.66. The van der Waals surface area contributed by atoms with Crippen LogP contribution in [0.15, 0.2) is 49.6 Å². The second-order valence-electron chi connectivity index (χ2n) is 9.12. The van der Waals surface area contributed by atoms with E-state index in [0.29, 0.717) is 30.0 Å². The quantitative estimate of drug-likeness (QED) is 0.274. The van der Waals surface area contributed by atoms with E-state index in [9.17, 15) is 19.5 Å². The van der Waals surface area contributed by atoms with Gasteiger partial charge < -0.3 is 19.6 Å². The zero-order valence-corrected chi connectivity index (χ0v) is 21.2. The molecule has 4 rings (SSSR count). The van der Waals surface area contributed by atoms with E-state index in [4.69, 9.17) is 16.3 Å². The molecule has 2 bridgehead atoms. The number of anilines is 1. The second kappa shape index (κ2) is 10.8. The maximum Gasteiger partial charge on any atom is 0.310 e. The van der Waals surface area contributed by atoms with Gasteiger partial charge in [0.05, 0.1) is 23.2 Å². The van der Waals surface area contributed by atoms with E-state index in [-0.39, 0.29) is 49.3 Å². The van der Waals surface area contributed by atoms with E-state index in [0.717, 1.165) is 6.42 Å². The second-order valence-corrected chi connectivity index (χ2v) is 11.2. The number of aliphatic hydroxyl groups is 1. The summed E-state index contributed by atoms with van der Waals surface area (Å²) < 4.78 is 4.79. The molecule has 5 atom stereocenters. The van der Waals surface area contributed by atoms with Gasteiger partial charge in [0.2, 0.25) is 5.91 Å². The maximum absolute atomic E-state index is 14.2. The van der Waals surface area contributed by atoms with Crippen molar-refractivity contribution in [3.05, 3.63) is 54.6 Å². The van der Waals surface area contributed by atoms with Crippen molar-refractivity contribution in [3.8, 4) is 0 Å². The highest BCUT2D eigenvalue weighted by molar-refractivity contribution is 8.02. The molecule has 0 aromatic heterocycles. The van der Waals surface area contributed by atoms with Gasteiger partial charge in [-0.15, -0.1) is 24.9 Å². The zero-order valence-electron chi connectivity index (χ0n) is 19.6. The number of halogens is 1. The topological polar surface area (TPSA) is 87.2 Å². The first-order chi connectivity index (χ1) is 16.9. The highest BCUT2D eigenvalue weighted by Gasteiger charge is 2.74. The summed E-state index contributed by atoms with van der Waals surface area (Å²) in [6.07, 6.45) is 5.64. The minimum atomic E-state index is -0.747. The Kier molecular flexibility index (Phi) is 7.93. The molecule has 188 valence electrons. The molecule has 1 aromatic carbocycles. The number of hydrogen-bond acceptors (Lipinski definition) is 6. The molecule has 0 saturated carbocycles. The monoisotopic (exact) mass is 518 g/mol. The minimum absolute atomic E-state index is 0.0566. The smallest absolute Gasteiger partial charge is 0.310 e. The Bertz CT molecular complexity index is 1000. The average Bonchev–Trinajstić information content (AvgIpc) is 3.49. The molecule has 1 N–H and O–H groups in total. The molecular formula is C26H31ClN2O5S. The van der Waals surface area contributed by atoms with Gasteiger partial charge in [-0.2, -0.15) is 0 Å². The van der Waals surface area contributed by atoms with Gasteiger partial charge in [-0.1, -0.05) is 23.8 Å². The molecule has 1 aromatic rings. The SMILES string of the molecule is C=CCCOC(=O)[C@@H]1[C@@H]2CCC3(S2)C(C(=O)N(CC=C)c2ccc(Cl)cc2)N(CCCO)C(=O)[C@H]13. The van der Waals surface area contributed by atoms with E-state index >= 15 is 0 Å². The van der Waals surface area contributed by atoms with Crippen LogP contribution < -0.4 is 4.90 Å². The molecule has 9 heteroatoms. The number of esters is 1. The highest BCUT2D eigenvalue weighted by atomic mass is 35.5. The molecule has 7 nitrogen and oxygen atoms in total. The first-order valence-corrected chi connectivity index (χ1v) is 13.2. The summed E-state index contributed by atoms with van der Waals surface area (Å²) in [6.45, 7) is 8.10. The molecule has 2 unspecified atom stereocenters. The van der Waals surface area contributed by atoms with Crippen LogP contribution in [0.3, 0.4) is 0 Å². The summed E-state index contributed by atoms with van der Waals surface area (Å²) in [6, 6.07) is 6.23. The van der Waals surface area contributed by atoms with E-state index in [1.54, 1.807) is 58.0 Å². The Morgan fingerprint density at radius 2 is 2.03 bits per heavy atom. The standard InChI is InChI=1S/C26H31ClN2O5S/c1-3-5-16-34-25(33)20-19-11-12-26(35-19)21(20)23(31)29(14-6-15-30)22(26)24(32)28(13-4-2)18-9-7-17(27)8-10-18/h3-4,7-10,19-22,30H,1-2,5-6,11-16H2/t19-,20+,21-,22?,26?/m0/s1. The van der Waals surface area contributed by atoms with E-state index < -0.39 is 22.6 Å². The minimum Gasteiger partial charge on any atom is -0.465 e. The number of ether oxygens (including phenoxy) is 1. The molecule has 0 aliphatic carbocycles. The van der Waals surface area contributed by atoms with E-state index in [2.05, 4.69) is 13.2 Å². The van der Waals surface area contributed by atoms with Crippen molar-refractivity contribution < 1.29 is 24.2 Å². The zero-order chi connectivity index (χ0) is 25.2. The number of carbonyl (C=O) groups excluding carboxylic acids is 3. The lowest BCUT2D eigenvalue weighted by Gasteiger charge is -2.37. The summed E-state index contributed by atoms with van der Waals surface area (Å²) in [5.74, 6) is -1.99. The Morgan fingerprint density at radius 3 is 2.69 bits per heavy atom. The van der Waals surface area contributed by atoms with Crippen LogP contribution in [0.1, 0.15) is 25.7 Å². The van der Waals surface area contributed by atoms with Crippen molar-refractivity contribution in [1.29, 1.82) is 0 Å². The predicted molar refractivity (Wildman–Crippen MR) is 137 cm³/mol. The predicted octanol–water partition coefficient (Wildman–Crippen LogP) is 3.45. The number of thioether (sulfide) groups is 1.